The number of anilines is 1. The Labute approximate surface area is 122 Å². The molecule has 110 valence electrons. The van der Waals surface area contributed by atoms with Gasteiger partial charge in [-0.2, -0.15) is 28.8 Å². The van der Waals surface area contributed by atoms with Gasteiger partial charge in [0.2, 0.25) is 5.71 Å². The lowest BCUT2D eigenvalue weighted by molar-refractivity contribution is -0.137. The highest BCUT2D eigenvalue weighted by Gasteiger charge is 2.34. The maximum Gasteiger partial charge on any atom is 0.418 e. The van der Waals surface area contributed by atoms with Crippen molar-refractivity contribution in [1.82, 2.24) is 9.55 Å². The molecule has 1 aromatic carbocycles. The van der Waals surface area contributed by atoms with Gasteiger partial charge in [-0.1, -0.05) is 0 Å². The van der Waals surface area contributed by atoms with Gasteiger partial charge in [-0.3, -0.25) is 5.43 Å². The molecule has 0 radical (unpaired) electrons. The highest BCUT2D eigenvalue weighted by atomic mass is 19.4. The van der Waals surface area contributed by atoms with Crippen molar-refractivity contribution in [3.63, 3.8) is 0 Å². The molecule has 0 atom stereocenters. The van der Waals surface area contributed by atoms with Crippen LogP contribution in [0, 0.1) is 22.7 Å². The van der Waals surface area contributed by atoms with E-state index in [0.29, 0.717) is 0 Å². The molecule has 2 rings (SSSR count). The van der Waals surface area contributed by atoms with Crippen LogP contribution in [-0.2, 0) is 6.18 Å². The Bertz CT molecular complexity index is 762. The lowest BCUT2D eigenvalue weighted by Crippen LogP contribution is -2.11. The van der Waals surface area contributed by atoms with E-state index < -0.39 is 17.5 Å². The summed E-state index contributed by atoms with van der Waals surface area (Å²) < 4.78 is 40.7. The minimum absolute atomic E-state index is 0.000750. The number of imidazole rings is 1. The molecular formula is C13H7F3N6. The normalized spacial score (nSPS) is 10.4. The second kappa shape index (κ2) is 5.97. The molecule has 0 amide bonds. The second-order valence-corrected chi connectivity index (χ2v) is 4.00. The number of hydrogen-bond donors (Lipinski definition) is 1. The Kier molecular flexibility index (Phi) is 4.09. The predicted molar refractivity (Wildman–Crippen MR) is 70.8 cm³/mol. The number of alkyl halides is 3. The quantitative estimate of drug-likeness (QED) is 0.697. The predicted octanol–water partition coefficient (Wildman–Crippen LogP) is 2.71. The van der Waals surface area contributed by atoms with E-state index in [2.05, 4.69) is 15.5 Å². The average Bonchev–Trinajstić information content (AvgIpc) is 3.01. The smallest absolute Gasteiger partial charge is 0.306 e. The van der Waals surface area contributed by atoms with Crippen LogP contribution in [-0.4, -0.2) is 15.3 Å². The van der Waals surface area contributed by atoms with E-state index in [1.165, 1.54) is 47.6 Å². The van der Waals surface area contributed by atoms with E-state index in [1.807, 2.05) is 0 Å². The molecule has 0 fully saturated rings. The summed E-state index contributed by atoms with van der Waals surface area (Å²) >= 11 is 0. The number of nitrogens with zero attached hydrogens (tertiary/aromatic N) is 5. The van der Waals surface area contributed by atoms with Crippen molar-refractivity contribution >= 4 is 11.4 Å². The summed E-state index contributed by atoms with van der Waals surface area (Å²) in [6.07, 6.45) is -0.588. The fraction of sp³-hybridized carbons (Fsp3) is 0.0769. The van der Waals surface area contributed by atoms with Gasteiger partial charge in [0.25, 0.3) is 0 Å². The third-order valence-corrected chi connectivity index (χ3v) is 2.59. The molecule has 0 aliphatic rings. The van der Waals surface area contributed by atoms with Crippen molar-refractivity contribution in [3.8, 4) is 17.8 Å². The van der Waals surface area contributed by atoms with E-state index in [4.69, 9.17) is 10.5 Å². The van der Waals surface area contributed by atoms with Crippen LogP contribution in [0.25, 0.3) is 5.69 Å². The Morgan fingerprint density at radius 3 is 2.55 bits per heavy atom. The standard InChI is InChI=1S/C13H7F3N6/c14-13(15,16)11-5-9(20-21-10(6-17)7-18)1-2-12(11)22-4-3-19-8-22/h1-5,8,20H. The zero-order valence-electron chi connectivity index (χ0n) is 10.8. The zero-order chi connectivity index (χ0) is 16.2. The maximum absolute atomic E-state index is 13.1. The highest BCUT2D eigenvalue weighted by Crippen LogP contribution is 2.35. The third kappa shape index (κ3) is 3.22. The second-order valence-electron chi connectivity index (χ2n) is 4.00. The number of nitriles is 2. The summed E-state index contributed by atoms with van der Waals surface area (Å²) in [6.45, 7) is 0. The fourth-order valence-corrected chi connectivity index (χ4v) is 1.65. The first-order valence-corrected chi connectivity index (χ1v) is 5.79. The lowest BCUT2D eigenvalue weighted by Gasteiger charge is -2.14. The molecule has 0 aliphatic carbocycles. The Morgan fingerprint density at radius 2 is 2.00 bits per heavy atom. The van der Waals surface area contributed by atoms with Gasteiger partial charge in [0.1, 0.15) is 12.1 Å². The van der Waals surface area contributed by atoms with E-state index in [0.717, 1.165) is 6.07 Å². The molecule has 2 aromatic rings. The van der Waals surface area contributed by atoms with Crippen molar-refractivity contribution in [2.45, 2.75) is 6.18 Å². The van der Waals surface area contributed by atoms with Crippen LogP contribution in [0.5, 0.6) is 0 Å². The first-order valence-electron chi connectivity index (χ1n) is 5.79. The molecule has 6 nitrogen and oxygen atoms in total. The molecule has 1 heterocycles. The number of benzene rings is 1. The van der Waals surface area contributed by atoms with Crippen molar-refractivity contribution in [2.75, 3.05) is 5.43 Å². The topological polar surface area (TPSA) is 89.8 Å². The number of hydrazone groups is 1. The number of hydrogen-bond acceptors (Lipinski definition) is 5. The van der Waals surface area contributed by atoms with Crippen LogP contribution >= 0.6 is 0 Å². The number of rotatable bonds is 3. The van der Waals surface area contributed by atoms with Gasteiger partial charge in [0.15, 0.2) is 0 Å². The van der Waals surface area contributed by atoms with Gasteiger partial charge in [-0.25, -0.2) is 4.98 Å². The van der Waals surface area contributed by atoms with Gasteiger partial charge in [0, 0.05) is 12.4 Å². The summed E-state index contributed by atoms with van der Waals surface area (Å²) in [6, 6.07) is 6.41. The molecule has 1 N–H and O–H groups in total. The molecule has 0 unspecified atom stereocenters. The molecule has 0 saturated heterocycles. The number of nitrogens with one attached hydrogen (secondary N) is 1. The Hall–Kier alpha value is -3.33. The molecule has 0 spiro atoms. The molecular weight excluding hydrogens is 297 g/mol. The van der Waals surface area contributed by atoms with E-state index in [-0.39, 0.29) is 11.4 Å². The third-order valence-electron chi connectivity index (χ3n) is 2.59. The van der Waals surface area contributed by atoms with Crippen LogP contribution in [0.2, 0.25) is 0 Å². The molecule has 0 bridgehead atoms. The van der Waals surface area contributed by atoms with Gasteiger partial charge in [-0.05, 0) is 18.2 Å². The first kappa shape index (κ1) is 15.1. The summed E-state index contributed by atoms with van der Waals surface area (Å²) in [5.41, 5.74) is 0.757. The van der Waals surface area contributed by atoms with Gasteiger partial charge in [-0.15, -0.1) is 0 Å². The SMILES string of the molecule is N#CC(C#N)=NNc1ccc(-n2ccnc2)c(C(F)(F)F)c1. The highest BCUT2D eigenvalue weighted by molar-refractivity contribution is 6.10. The Balaban J connectivity index is 2.44. The summed E-state index contributed by atoms with van der Waals surface area (Å²) in [5, 5.41) is 20.5. The fourth-order valence-electron chi connectivity index (χ4n) is 1.65. The monoisotopic (exact) mass is 304 g/mol. The van der Waals surface area contributed by atoms with E-state index in [1.54, 1.807) is 0 Å². The molecule has 1 aromatic heterocycles. The van der Waals surface area contributed by atoms with Gasteiger partial charge < -0.3 is 4.57 Å². The molecule has 22 heavy (non-hydrogen) atoms. The average molecular weight is 304 g/mol. The summed E-state index contributed by atoms with van der Waals surface area (Å²) in [7, 11) is 0. The molecule has 0 aliphatic heterocycles. The summed E-state index contributed by atoms with van der Waals surface area (Å²) in [4.78, 5) is 3.71. The number of halogens is 3. The van der Waals surface area contributed by atoms with Crippen LogP contribution < -0.4 is 5.43 Å². The van der Waals surface area contributed by atoms with E-state index in [9.17, 15) is 13.2 Å². The van der Waals surface area contributed by atoms with E-state index >= 15 is 0 Å². The minimum atomic E-state index is -4.59. The summed E-state index contributed by atoms with van der Waals surface area (Å²) in [5.74, 6) is 0. The molecule has 0 saturated carbocycles. The first-order chi connectivity index (χ1) is 10.5. The van der Waals surface area contributed by atoms with Crippen LogP contribution in [0.15, 0.2) is 42.0 Å². The molecule has 9 heteroatoms. The minimum Gasteiger partial charge on any atom is -0.306 e. The van der Waals surface area contributed by atoms with Gasteiger partial charge >= 0.3 is 6.18 Å². The van der Waals surface area contributed by atoms with Crippen molar-refractivity contribution < 1.29 is 13.2 Å². The Morgan fingerprint density at radius 1 is 1.27 bits per heavy atom. The largest absolute Gasteiger partial charge is 0.418 e. The lowest BCUT2D eigenvalue weighted by atomic mass is 10.1. The van der Waals surface area contributed by atoms with Gasteiger partial charge in [0.05, 0.1) is 23.3 Å². The van der Waals surface area contributed by atoms with Crippen molar-refractivity contribution in [2.24, 2.45) is 5.10 Å². The van der Waals surface area contributed by atoms with Crippen LogP contribution in [0.1, 0.15) is 5.56 Å². The van der Waals surface area contributed by atoms with Crippen LogP contribution in [0.4, 0.5) is 18.9 Å². The zero-order valence-corrected chi connectivity index (χ0v) is 10.8. The maximum atomic E-state index is 13.1. The van der Waals surface area contributed by atoms with Crippen molar-refractivity contribution in [1.29, 1.82) is 10.5 Å². The number of aromatic nitrogens is 2. The van der Waals surface area contributed by atoms with Crippen LogP contribution in [0.3, 0.4) is 0 Å². The van der Waals surface area contributed by atoms with Crippen molar-refractivity contribution in [3.05, 3.63) is 42.5 Å².